The number of carbonyl (C=O) groups is 1. The fourth-order valence-corrected chi connectivity index (χ4v) is 1.62. The second kappa shape index (κ2) is 4.17. The summed E-state index contributed by atoms with van der Waals surface area (Å²) in [6.07, 6.45) is 2.47. The van der Waals surface area contributed by atoms with Crippen LogP contribution < -0.4 is 11.1 Å². The van der Waals surface area contributed by atoms with Gasteiger partial charge in [-0.1, -0.05) is 0 Å². The van der Waals surface area contributed by atoms with Crippen LogP contribution in [0.2, 0.25) is 0 Å². The van der Waals surface area contributed by atoms with E-state index in [1.807, 2.05) is 20.8 Å². The second-order valence-corrected chi connectivity index (χ2v) is 4.92. The van der Waals surface area contributed by atoms with E-state index in [-0.39, 0.29) is 18.2 Å². The van der Waals surface area contributed by atoms with Gasteiger partial charge in [-0.2, -0.15) is 0 Å². The monoisotopic (exact) mass is 200 g/mol. The van der Waals surface area contributed by atoms with Crippen LogP contribution in [0.4, 0.5) is 4.79 Å². The van der Waals surface area contributed by atoms with E-state index in [1.165, 1.54) is 0 Å². The van der Waals surface area contributed by atoms with E-state index in [9.17, 15) is 4.79 Å². The van der Waals surface area contributed by atoms with Gasteiger partial charge in [0, 0.05) is 12.1 Å². The van der Waals surface area contributed by atoms with Crippen LogP contribution in [0.15, 0.2) is 0 Å². The van der Waals surface area contributed by atoms with Gasteiger partial charge in [-0.3, -0.25) is 0 Å². The van der Waals surface area contributed by atoms with Gasteiger partial charge in [0.25, 0.3) is 0 Å². The zero-order valence-electron chi connectivity index (χ0n) is 9.17. The van der Waals surface area contributed by atoms with Crippen LogP contribution in [0.1, 0.15) is 40.0 Å². The Morgan fingerprint density at radius 1 is 1.43 bits per heavy atom. The highest BCUT2D eigenvalue weighted by atomic mass is 16.6. The second-order valence-electron chi connectivity index (χ2n) is 4.92. The Kier molecular flexibility index (Phi) is 3.37. The van der Waals surface area contributed by atoms with Gasteiger partial charge in [0.05, 0.1) is 0 Å². The zero-order chi connectivity index (χ0) is 10.8. The Labute approximate surface area is 85.2 Å². The summed E-state index contributed by atoms with van der Waals surface area (Å²) in [4.78, 5) is 11.3. The Hall–Kier alpha value is -0.770. The number of carbonyl (C=O) groups excluding carboxylic acids is 1. The molecule has 0 saturated heterocycles. The lowest BCUT2D eigenvalue weighted by Crippen LogP contribution is -2.38. The van der Waals surface area contributed by atoms with E-state index in [1.54, 1.807) is 0 Å². The van der Waals surface area contributed by atoms with E-state index in [0.717, 1.165) is 19.3 Å². The van der Waals surface area contributed by atoms with Crippen molar-refractivity contribution in [3.63, 3.8) is 0 Å². The maximum Gasteiger partial charge on any atom is 0.407 e. The fraction of sp³-hybridized carbons (Fsp3) is 0.900. The van der Waals surface area contributed by atoms with E-state index in [4.69, 9.17) is 10.5 Å². The van der Waals surface area contributed by atoms with Gasteiger partial charge >= 0.3 is 6.09 Å². The molecule has 0 spiro atoms. The third-order valence-corrected chi connectivity index (χ3v) is 2.19. The third kappa shape index (κ3) is 3.96. The molecule has 0 heterocycles. The fourth-order valence-electron chi connectivity index (χ4n) is 1.62. The van der Waals surface area contributed by atoms with Crippen LogP contribution in [0.5, 0.6) is 0 Å². The predicted molar refractivity (Wildman–Crippen MR) is 55.0 cm³/mol. The molecule has 4 heteroatoms. The van der Waals surface area contributed by atoms with Crippen molar-refractivity contribution in [1.29, 1.82) is 0 Å². The Morgan fingerprint density at radius 3 is 2.50 bits per heavy atom. The highest BCUT2D eigenvalue weighted by Gasteiger charge is 2.25. The number of alkyl carbamates (subject to hydrolysis) is 1. The molecule has 0 aromatic rings. The van der Waals surface area contributed by atoms with Crippen LogP contribution in [-0.2, 0) is 4.74 Å². The number of nitrogens with two attached hydrogens (primary N) is 1. The quantitative estimate of drug-likeness (QED) is 0.672. The van der Waals surface area contributed by atoms with Crippen molar-refractivity contribution in [2.24, 2.45) is 5.73 Å². The predicted octanol–water partition coefficient (Wildman–Crippen LogP) is 1.39. The average Bonchev–Trinajstić information content (AvgIpc) is 2.30. The lowest BCUT2D eigenvalue weighted by atomic mass is 10.2. The van der Waals surface area contributed by atoms with E-state index >= 15 is 0 Å². The Balaban J connectivity index is 2.27. The molecule has 14 heavy (non-hydrogen) atoms. The molecule has 0 aromatic carbocycles. The number of hydrogen-bond acceptors (Lipinski definition) is 3. The molecule has 2 atom stereocenters. The van der Waals surface area contributed by atoms with Gasteiger partial charge in [-0.25, -0.2) is 4.79 Å². The van der Waals surface area contributed by atoms with Crippen molar-refractivity contribution >= 4 is 6.09 Å². The van der Waals surface area contributed by atoms with Gasteiger partial charge in [0.2, 0.25) is 0 Å². The van der Waals surface area contributed by atoms with Crippen LogP contribution in [0.25, 0.3) is 0 Å². The molecule has 82 valence electrons. The molecule has 0 radical (unpaired) electrons. The molecular weight excluding hydrogens is 180 g/mol. The van der Waals surface area contributed by atoms with Crippen molar-refractivity contribution < 1.29 is 9.53 Å². The maximum atomic E-state index is 11.3. The minimum absolute atomic E-state index is 0.194. The van der Waals surface area contributed by atoms with Crippen molar-refractivity contribution in [2.45, 2.75) is 57.7 Å². The van der Waals surface area contributed by atoms with Crippen LogP contribution in [0.3, 0.4) is 0 Å². The molecule has 1 rings (SSSR count). The van der Waals surface area contributed by atoms with Crippen molar-refractivity contribution in [2.75, 3.05) is 0 Å². The molecule has 1 amide bonds. The highest BCUT2D eigenvalue weighted by Crippen LogP contribution is 2.17. The zero-order valence-corrected chi connectivity index (χ0v) is 9.17. The summed E-state index contributed by atoms with van der Waals surface area (Å²) in [6.45, 7) is 5.56. The summed E-state index contributed by atoms with van der Waals surface area (Å²) in [7, 11) is 0. The first kappa shape index (κ1) is 11.3. The first-order valence-corrected chi connectivity index (χ1v) is 5.12. The highest BCUT2D eigenvalue weighted by molar-refractivity contribution is 5.68. The van der Waals surface area contributed by atoms with Crippen molar-refractivity contribution in [3.8, 4) is 0 Å². The largest absolute Gasteiger partial charge is 0.444 e. The maximum absolute atomic E-state index is 11.3. The summed E-state index contributed by atoms with van der Waals surface area (Å²) >= 11 is 0. The third-order valence-electron chi connectivity index (χ3n) is 2.19. The number of nitrogens with one attached hydrogen (secondary N) is 1. The minimum atomic E-state index is -0.426. The molecule has 1 aliphatic carbocycles. The Bertz CT molecular complexity index is 211. The first-order chi connectivity index (χ1) is 6.37. The van der Waals surface area contributed by atoms with Crippen LogP contribution >= 0.6 is 0 Å². The lowest BCUT2D eigenvalue weighted by molar-refractivity contribution is 0.0505. The van der Waals surface area contributed by atoms with Crippen LogP contribution in [0, 0.1) is 0 Å². The molecule has 0 aliphatic heterocycles. The molecule has 3 N–H and O–H groups in total. The Morgan fingerprint density at radius 2 is 2.07 bits per heavy atom. The van der Waals surface area contributed by atoms with Gasteiger partial charge in [-0.15, -0.1) is 0 Å². The van der Waals surface area contributed by atoms with Crippen molar-refractivity contribution in [3.05, 3.63) is 0 Å². The molecule has 1 saturated carbocycles. The molecular formula is C10H20N2O2. The van der Waals surface area contributed by atoms with E-state index < -0.39 is 5.60 Å². The molecule has 1 aliphatic rings. The van der Waals surface area contributed by atoms with Gasteiger partial charge < -0.3 is 15.8 Å². The standard InChI is InChI=1S/C10H20N2O2/c1-10(2,3)14-9(13)12-8-5-4-7(11)6-8/h7-8H,4-6,11H2,1-3H3,(H,12,13)/t7-,8?/m0/s1. The molecule has 0 bridgehead atoms. The normalized spacial score (nSPS) is 27.4. The topological polar surface area (TPSA) is 64.3 Å². The number of rotatable bonds is 1. The summed E-state index contributed by atoms with van der Waals surface area (Å²) in [5, 5.41) is 2.82. The van der Waals surface area contributed by atoms with Gasteiger partial charge in [0.1, 0.15) is 5.60 Å². The molecule has 1 fully saturated rings. The SMILES string of the molecule is CC(C)(C)OC(=O)NC1CC[C@H](N)C1. The summed E-state index contributed by atoms with van der Waals surface area (Å²) in [6, 6.07) is 0.426. The number of ether oxygens (including phenoxy) is 1. The number of hydrogen-bond donors (Lipinski definition) is 2. The smallest absolute Gasteiger partial charge is 0.407 e. The summed E-state index contributed by atoms with van der Waals surface area (Å²) in [5.41, 5.74) is 5.31. The van der Waals surface area contributed by atoms with Gasteiger partial charge in [-0.05, 0) is 40.0 Å². The van der Waals surface area contributed by atoms with Crippen molar-refractivity contribution in [1.82, 2.24) is 5.32 Å². The minimum Gasteiger partial charge on any atom is -0.444 e. The molecule has 4 nitrogen and oxygen atoms in total. The summed E-state index contributed by atoms with van der Waals surface area (Å²) < 4.78 is 5.14. The van der Waals surface area contributed by atoms with E-state index in [0.29, 0.717) is 0 Å². The number of amides is 1. The van der Waals surface area contributed by atoms with E-state index in [2.05, 4.69) is 5.32 Å². The van der Waals surface area contributed by atoms with Gasteiger partial charge in [0.15, 0.2) is 0 Å². The van der Waals surface area contributed by atoms with Crippen LogP contribution in [-0.4, -0.2) is 23.8 Å². The summed E-state index contributed by atoms with van der Waals surface area (Å²) in [5.74, 6) is 0. The lowest BCUT2D eigenvalue weighted by Gasteiger charge is -2.21. The molecule has 1 unspecified atom stereocenters. The average molecular weight is 200 g/mol. The first-order valence-electron chi connectivity index (χ1n) is 5.12. The molecule has 0 aromatic heterocycles.